The van der Waals surface area contributed by atoms with E-state index in [1.807, 2.05) is 41.3 Å². The third-order valence-electron chi connectivity index (χ3n) is 5.01. The summed E-state index contributed by atoms with van der Waals surface area (Å²) in [6.45, 7) is 1.43. The monoisotopic (exact) mass is 364 g/mol. The van der Waals surface area contributed by atoms with Crippen molar-refractivity contribution in [3.8, 4) is 0 Å². The Kier molecular flexibility index (Phi) is 4.58. The molecule has 0 unspecified atom stereocenters. The van der Waals surface area contributed by atoms with Crippen molar-refractivity contribution in [3.63, 3.8) is 0 Å². The highest BCUT2D eigenvalue weighted by molar-refractivity contribution is 5.73. The van der Waals surface area contributed by atoms with Gasteiger partial charge in [0.05, 0.1) is 12.5 Å². The van der Waals surface area contributed by atoms with E-state index >= 15 is 0 Å². The van der Waals surface area contributed by atoms with Crippen LogP contribution < -0.4 is 10.5 Å². The molecule has 0 amide bonds. The number of hydrogen-bond donors (Lipinski definition) is 1. The van der Waals surface area contributed by atoms with Crippen LogP contribution in [0.25, 0.3) is 11.2 Å². The first-order valence-corrected chi connectivity index (χ1v) is 9.01. The average molecular weight is 364 g/mol. The number of benzene rings is 1. The van der Waals surface area contributed by atoms with E-state index in [9.17, 15) is 14.7 Å². The fourth-order valence-electron chi connectivity index (χ4n) is 3.52. The van der Waals surface area contributed by atoms with Gasteiger partial charge in [0, 0.05) is 19.3 Å². The van der Waals surface area contributed by atoms with Crippen LogP contribution in [0.2, 0.25) is 0 Å². The summed E-state index contributed by atoms with van der Waals surface area (Å²) in [7, 11) is 0. The Hall–Kier alpha value is -3.22. The summed E-state index contributed by atoms with van der Waals surface area (Å²) in [6, 6.07) is 13.4. The minimum Gasteiger partial charge on any atom is -0.481 e. The Morgan fingerprint density at radius 3 is 2.56 bits per heavy atom. The molecule has 27 heavy (non-hydrogen) atoms. The molecule has 0 spiro atoms. The summed E-state index contributed by atoms with van der Waals surface area (Å²) in [5, 5.41) is 9.19. The molecule has 138 valence electrons. The van der Waals surface area contributed by atoms with Crippen LogP contribution in [0.3, 0.4) is 0 Å². The smallest absolute Gasteiger partial charge is 0.306 e. The second-order valence-corrected chi connectivity index (χ2v) is 6.76. The highest BCUT2D eigenvalue weighted by Crippen LogP contribution is 2.21. The van der Waals surface area contributed by atoms with Gasteiger partial charge in [0.25, 0.3) is 5.56 Å². The lowest BCUT2D eigenvalue weighted by atomic mass is 9.97. The number of aliphatic carboxylic acids is 1. The predicted molar refractivity (Wildman–Crippen MR) is 102 cm³/mol. The maximum Gasteiger partial charge on any atom is 0.306 e. The summed E-state index contributed by atoms with van der Waals surface area (Å²) in [5.41, 5.74) is 2.02. The highest BCUT2D eigenvalue weighted by atomic mass is 16.4. The van der Waals surface area contributed by atoms with E-state index in [0.29, 0.717) is 49.5 Å². The van der Waals surface area contributed by atoms with E-state index in [4.69, 9.17) is 0 Å². The molecule has 0 radical (unpaired) electrons. The first-order valence-electron chi connectivity index (χ1n) is 9.01. The first kappa shape index (κ1) is 17.2. The molecule has 0 bridgehead atoms. The summed E-state index contributed by atoms with van der Waals surface area (Å²) >= 11 is 0. The third-order valence-corrected chi connectivity index (χ3v) is 5.01. The molecule has 3 heterocycles. The molecule has 1 N–H and O–H groups in total. The maximum atomic E-state index is 13.2. The molecule has 7 nitrogen and oxygen atoms in total. The van der Waals surface area contributed by atoms with Crippen molar-refractivity contribution < 1.29 is 9.90 Å². The number of carboxylic acid groups (broad SMARTS) is 1. The molecule has 7 heteroatoms. The number of pyridine rings is 1. The molecule has 0 atom stereocenters. The first-order chi connectivity index (χ1) is 13.1. The maximum absolute atomic E-state index is 13.2. The molecule has 0 saturated carbocycles. The van der Waals surface area contributed by atoms with Crippen LogP contribution in [-0.2, 0) is 11.3 Å². The van der Waals surface area contributed by atoms with Gasteiger partial charge in [-0.2, -0.15) is 0 Å². The molecule has 0 aliphatic carbocycles. The van der Waals surface area contributed by atoms with Gasteiger partial charge in [-0.3, -0.25) is 14.2 Å². The van der Waals surface area contributed by atoms with Crippen LogP contribution in [0.4, 0.5) is 5.82 Å². The number of hydrogen-bond acceptors (Lipinski definition) is 5. The molecule has 1 aliphatic heterocycles. The van der Waals surface area contributed by atoms with Crippen molar-refractivity contribution in [1.29, 1.82) is 0 Å². The Labute approximate surface area is 155 Å². The van der Waals surface area contributed by atoms with Crippen molar-refractivity contribution in [1.82, 2.24) is 14.5 Å². The minimum atomic E-state index is -0.771. The molecule has 1 fully saturated rings. The number of anilines is 1. The standard InChI is InChI=1S/C20H20N4O3/c25-19-18(23-11-8-15(9-12-23)20(26)27)22-16-7-4-10-21-17(16)24(19)13-14-5-2-1-3-6-14/h1-7,10,15H,8-9,11-13H2,(H,26,27). The summed E-state index contributed by atoms with van der Waals surface area (Å²) in [4.78, 5) is 35.2. The summed E-state index contributed by atoms with van der Waals surface area (Å²) in [5.74, 6) is -0.753. The number of fused-ring (bicyclic) bond motifs is 1. The molecule has 1 aliphatic rings. The van der Waals surface area contributed by atoms with E-state index in [1.165, 1.54) is 0 Å². The van der Waals surface area contributed by atoms with Gasteiger partial charge in [0.1, 0.15) is 5.52 Å². The SMILES string of the molecule is O=C(O)C1CCN(c2nc3cccnc3n(Cc3ccccc3)c2=O)CC1. The van der Waals surface area contributed by atoms with Gasteiger partial charge < -0.3 is 10.0 Å². The zero-order chi connectivity index (χ0) is 18.8. The molecule has 1 aromatic carbocycles. The molecular weight excluding hydrogens is 344 g/mol. The quantitative estimate of drug-likeness (QED) is 0.763. The van der Waals surface area contributed by atoms with E-state index in [-0.39, 0.29) is 11.5 Å². The van der Waals surface area contributed by atoms with Gasteiger partial charge >= 0.3 is 5.97 Å². The van der Waals surface area contributed by atoms with E-state index in [2.05, 4.69) is 9.97 Å². The Bertz CT molecular complexity index is 1020. The normalized spacial score (nSPS) is 15.2. The van der Waals surface area contributed by atoms with Gasteiger partial charge in [-0.15, -0.1) is 0 Å². The second kappa shape index (κ2) is 7.19. The number of piperidine rings is 1. The molecular formula is C20H20N4O3. The van der Waals surface area contributed by atoms with Gasteiger partial charge in [-0.25, -0.2) is 9.97 Å². The van der Waals surface area contributed by atoms with Crippen molar-refractivity contribution >= 4 is 23.0 Å². The Morgan fingerprint density at radius 2 is 1.85 bits per heavy atom. The molecule has 1 saturated heterocycles. The molecule has 4 rings (SSSR count). The van der Waals surface area contributed by atoms with Gasteiger partial charge in [-0.1, -0.05) is 30.3 Å². The zero-order valence-electron chi connectivity index (χ0n) is 14.8. The number of carboxylic acids is 1. The lowest BCUT2D eigenvalue weighted by Crippen LogP contribution is -2.41. The van der Waals surface area contributed by atoms with Gasteiger partial charge in [0.2, 0.25) is 0 Å². The van der Waals surface area contributed by atoms with Crippen molar-refractivity contribution in [2.24, 2.45) is 5.92 Å². The van der Waals surface area contributed by atoms with Crippen LogP contribution in [0.1, 0.15) is 18.4 Å². The topological polar surface area (TPSA) is 88.3 Å². The van der Waals surface area contributed by atoms with Crippen LogP contribution in [0.5, 0.6) is 0 Å². The average Bonchev–Trinajstić information content (AvgIpc) is 2.71. The van der Waals surface area contributed by atoms with Crippen molar-refractivity contribution in [2.45, 2.75) is 19.4 Å². The lowest BCUT2D eigenvalue weighted by Gasteiger charge is -2.30. The lowest BCUT2D eigenvalue weighted by molar-refractivity contribution is -0.142. The summed E-state index contributed by atoms with van der Waals surface area (Å²) < 4.78 is 1.65. The second-order valence-electron chi connectivity index (χ2n) is 6.76. The van der Waals surface area contributed by atoms with E-state index < -0.39 is 5.97 Å². The largest absolute Gasteiger partial charge is 0.481 e. The number of nitrogens with zero attached hydrogens (tertiary/aromatic N) is 4. The van der Waals surface area contributed by atoms with E-state index in [1.54, 1.807) is 16.8 Å². The van der Waals surface area contributed by atoms with Crippen LogP contribution in [0.15, 0.2) is 53.5 Å². The van der Waals surface area contributed by atoms with Crippen LogP contribution in [0, 0.1) is 5.92 Å². The highest BCUT2D eigenvalue weighted by Gasteiger charge is 2.27. The fraction of sp³-hybridized carbons (Fsp3) is 0.300. The molecule has 2 aromatic heterocycles. The Balaban J connectivity index is 1.75. The van der Waals surface area contributed by atoms with Gasteiger partial charge in [-0.05, 0) is 30.5 Å². The van der Waals surface area contributed by atoms with Crippen molar-refractivity contribution in [2.75, 3.05) is 18.0 Å². The van der Waals surface area contributed by atoms with Crippen LogP contribution in [-0.4, -0.2) is 38.7 Å². The minimum absolute atomic E-state index is 0.196. The predicted octanol–water partition coefficient (Wildman–Crippen LogP) is 2.14. The van der Waals surface area contributed by atoms with Crippen molar-refractivity contribution in [3.05, 3.63) is 64.6 Å². The molecule has 3 aromatic rings. The van der Waals surface area contributed by atoms with Crippen LogP contribution >= 0.6 is 0 Å². The third kappa shape index (κ3) is 3.40. The van der Waals surface area contributed by atoms with Gasteiger partial charge in [0.15, 0.2) is 11.5 Å². The number of rotatable bonds is 4. The Morgan fingerprint density at radius 1 is 1.11 bits per heavy atom. The number of aromatic nitrogens is 3. The fourth-order valence-corrected chi connectivity index (χ4v) is 3.52. The number of carbonyl (C=O) groups is 1. The summed E-state index contributed by atoms with van der Waals surface area (Å²) in [6.07, 6.45) is 2.68. The zero-order valence-corrected chi connectivity index (χ0v) is 14.8. The van der Waals surface area contributed by atoms with E-state index in [0.717, 1.165) is 5.56 Å².